The van der Waals surface area contributed by atoms with Gasteiger partial charge in [-0.15, -0.1) is 0 Å². The summed E-state index contributed by atoms with van der Waals surface area (Å²) >= 11 is 6.35. The summed E-state index contributed by atoms with van der Waals surface area (Å²) in [5, 5.41) is 4.47. The van der Waals surface area contributed by atoms with Crippen LogP contribution < -0.4 is 5.73 Å². The van der Waals surface area contributed by atoms with Crippen LogP contribution in [0, 0.1) is 6.92 Å². The fourth-order valence-electron chi connectivity index (χ4n) is 2.34. The zero-order valence-electron chi connectivity index (χ0n) is 14.2. The molecule has 2 aromatic rings. The minimum atomic E-state index is -3.57. The second-order valence-corrected chi connectivity index (χ2v) is 8.12. The van der Waals surface area contributed by atoms with E-state index < -0.39 is 15.9 Å². The van der Waals surface area contributed by atoms with Gasteiger partial charge in [-0.2, -0.15) is 5.10 Å². The van der Waals surface area contributed by atoms with Gasteiger partial charge in [0.2, 0.25) is 10.0 Å². The first-order valence-electron chi connectivity index (χ1n) is 7.49. The smallest absolute Gasteiger partial charge is 0.242 e. The predicted molar refractivity (Wildman–Crippen MR) is 96.5 cm³/mol. The minimum Gasteiger partial charge on any atom is -0.327 e. The van der Waals surface area contributed by atoms with Gasteiger partial charge < -0.3 is 5.73 Å². The van der Waals surface area contributed by atoms with E-state index >= 15 is 0 Å². The molecule has 6 nitrogen and oxygen atoms in total. The van der Waals surface area contributed by atoms with Crippen LogP contribution in [0.5, 0.6) is 0 Å². The number of halogens is 2. The Hall–Kier alpha value is -1.74. The third kappa shape index (κ3) is 4.09. The molecule has 2 N–H and O–H groups in total. The zero-order valence-corrected chi connectivity index (χ0v) is 15.8. The summed E-state index contributed by atoms with van der Waals surface area (Å²) in [5.74, 6) is -0.442. The second kappa shape index (κ2) is 7.65. The molecule has 0 atom stereocenters. The maximum atomic E-state index is 13.7. The van der Waals surface area contributed by atoms with E-state index in [0.717, 1.165) is 4.31 Å². The Bertz CT molecular complexity index is 907. The first-order valence-corrected chi connectivity index (χ1v) is 9.30. The third-order valence-corrected chi connectivity index (χ3v) is 5.80. The highest BCUT2D eigenvalue weighted by Crippen LogP contribution is 2.33. The van der Waals surface area contributed by atoms with Crippen LogP contribution in [0.3, 0.4) is 0 Å². The van der Waals surface area contributed by atoms with Gasteiger partial charge in [0.1, 0.15) is 11.0 Å². The van der Waals surface area contributed by atoms with E-state index in [1.54, 1.807) is 19.1 Å². The molecule has 1 aromatic heterocycles. The Morgan fingerprint density at radius 2 is 2.12 bits per heavy atom. The monoisotopic (exact) mass is 386 g/mol. The van der Waals surface area contributed by atoms with E-state index in [2.05, 4.69) is 5.10 Å². The van der Waals surface area contributed by atoms with Crippen LogP contribution in [-0.2, 0) is 16.6 Å². The van der Waals surface area contributed by atoms with Gasteiger partial charge in [0.25, 0.3) is 0 Å². The lowest BCUT2D eigenvalue weighted by molar-refractivity contribution is 0.520. The summed E-state index contributed by atoms with van der Waals surface area (Å²) in [6.45, 7) is 1.68. The number of sulfonamides is 1. The summed E-state index contributed by atoms with van der Waals surface area (Å²) in [7, 11) is -0.646. The molecule has 0 spiro atoms. The van der Waals surface area contributed by atoms with E-state index in [1.807, 2.05) is 0 Å². The number of allylic oxidation sites excluding steroid dienone is 1. The molecule has 0 saturated heterocycles. The highest BCUT2D eigenvalue weighted by atomic mass is 35.5. The van der Waals surface area contributed by atoms with Crippen LogP contribution in [0.1, 0.15) is 5.69 Å². The summed E-state index contributed by atoms with van der Waals surface area (Å²) in [6, 6.07) is 6.41. The standard InChI is InChI=1S/C16H20ClFN4O2S/c1-11-15(16(17)22(20-11)10-13(18)7-8-19)12-5-4-6-14(9-12)25(23,24)21(2)3/h4-7,9H,8,10,19H2,1-3H3. The predicted octanol–water partition coefficient (Wildman–Crippen LogP) is 2.57. The molecule has 0 bridgehead atoms. The average Bonchev–Trinajstić information content (AvgIpc) is 2.81. The van der Waals surface area contributed by atoms with Crippen LogP contribution in [0.25, 0.3) is 11.1 Å². The summed E-state index contributed by atoms with van der Waals surface area (Å²) in [5.41, 5.74) is 7.03. The normalized spacial score (nSPS) is 12.8. The van der Waals surface area contributed by atoms with Gasteiger partial charge in [0, 0.05) is 26.2 Å². The van der Waals surface area contributed by atoms with Gasteiger partial charge in [0.15, 0.2) is 0 Å². The van der Waals surface area contributed by atoms with Gasteiger partial charge in [-0.05, 0) is 30.7 Å². The first-order chi connectivity index (χ1) is 11.7. The molecule has 2 rings (SSSR count). The number of rotatable bonds is 6. The van der Waals surface area contributed by atoms with Crippen LogP contribution in [0.15, 0.2) is 41.1 Å². The van der Waals surface area contributed by atoms with E-state index in [9.17, 15) is 12.8 Å². The molecule has 136 valence electrons. The molecule has 0 radical (unpaired) electrons. The lowest BCUT2D eigenvalue weighted by Crippen LogP contribution is -2.22. The number of hydrogen-bond acceptors (Lipinski definition) is 4. The summed E-state index contributed by atoms with van der Waals surface area (Å²) < 4.78 is 40.8. The molecule has 0 aliphatic heterocycles. The van der Waals surface area contributed by atoms with E-state index in [1.165, 1.54) is 37.0 Å². The largest absolute Gasteiger partial charge is 0.327 e. The maximum Gasteiger partial charge on any atom is 0.242 e. The highest BCUT2D eigenvalue weighted by molar-refractivity contribution is 7.89. The zero-order chi connectivity index (χ0) is 18.8. The topological polar surface area (TPSA) is 81.2 Å². The molecule has 0 aliphatic carbocycles. The van der Waals surface area contributed by atoms with Crippen molar-refractivity contribution in [2.45, 2.75) is 18.4 Å². The van der Waals surface area contributed by atoms with Crippen LogP contribution in [0.4, 0.5) is 4.39 Å². The molecule has 0 fully saturated rings. The summed E-state index contributed by atoms with van der Waals surface area (Å²) in [6.07, 6.45) is 1.25. The maximum absolute atomic E-state index is 13.7. The van der Waals surface area contributed by atoms with Crippen molar-refractivity contribution in [3.63, 3.8) is 0 Å². The first kappa shape index (κ1) is 19.6. The molecule has 0 unspecified atom stereocenters. The van der Waals surface area contributed by atoms with Crippen LogP contribution in [0.2, 0.25) is 5.15 Å². The quantitative estimate of drug-likeness (QED) is 0.827. The van der Waals surface area contributed by atoms with Crippen molar-refractivity contribution < 1.29 is 12.8 Å². The molecular weight excluding hydrogens is 367 g/mol. The number of nitrogens with zero attached hydrogens (tertiary/aromatic N) is 3. The number of benzene rings is 1. The van der Waals surface area contributed by atoms with E-state index in [0.29, 0.717) is 16.8 Å². The molecular formula is C16H20ClFN4O2S. The molecule has 0 aliphatic rings. The Morgan fingerprint density at radius 1 is 1.44 bits per heavy atom. The summed E-state index contributed by atoms with van der Waals surface area (Å²) in [4.78, 5) is 0.146. The molecule has 1 aromatic carbocycles. The fourth-order valence-corrected chi connectivity index (χ4v) is 3.64. The lowest BCUT2D eigenvalue weighted by atomic mass is 10.1. The van der Waals surface area contributed by atoms with Crippen molar-refractivity contribution >= 4 is 21.6 Å². The fraction of sp³-hybridized carbons (Fsp3) is 0.312. The number of hydrogen-bond donors (Lipinski definition) is 1. The molecule has 25 heavy (non-hydrogen) atoms. The van der Waals surface area contributed by atoms with E-state index in [-0.39, 0.29) is 23.1 Å². The van der Waals surface area contributed by atoms with Crippen molar-refractivity contribution in [2.75, 3.05) is 20.6 Å². The van der Waals surface area contributed by atoms with Gasteiger partial charge in [-0.25, -0.2) is 21.8 Å². The van der Waals surface area contributed by atoms with Crippen molar-refractivity contribution in [3.05, 3.63) is 47.0 Å². The Balaban J connectivity index is 2.50. The molecule has 0 saturated carbocycles. The third-order valence-electron chi connectivity index (χ3n) is 3.61. The van der Waals surface area contributed by atoms with Crippen molar-refractivity contribution in [2.24, 2.45) is 5.73 Å². The minimum absolute atomic E-state index is 0.0843. The lowest BCUT2D eigenvalue weighted by Gasteiger charge is -2.12. The highest BCUT2D eigenvalue weighted by Gasteiger charge is 2.21. The van der Waals surface area contributed by atoms with Gasteiger partial charge in [-0.1, -0.05) is 23.7 Å². The molecule has 9 heteroatoms. The van der Waals surface area contributed by atoms with Crippen molar-refractivity contribution in [1.82, 2.24) is 14.1 Å². The van der Waals surface area contributed by atoms with Gasteiger partial charge in [0.05, 0.1) is 17.1 Å². The average molecular weight is 387 g/mol. The number of nitrogens with two attached hydrogens (primary N) is 1. The number of aromatic nitrogens is 2. The van der Waals surface area contributed by atoms with Gasteiger partial charge >= 0.3 is 0 Å². The molecule has 0 amide bonds. The Labute approximate surface area is 151 Å². The molecule has 1 heterocycles. The SMILES string of the molecule is Cc1nn(CC(F)=CCN)c(Cl)c1-c1cccc(S(=O)(=O)N(C)C)c1. The van der Waals surface area contributed by atoms with Gasteiger partial charge in [-0.3, -0.25) is 0 Å². The van der Waals surface area contributed by atoms with Crippen LogP contribution in [-0.4, -0.2) is 43.1 Å². The Kier molecular flexibility index (Phi) is 5.99. The van der Waals surface area contributed by atoms with Crippen molar-refractivity contribution in [3.8, 4) is 11.1 Å². The second-order valence-electron chi connectivity index (χ2n) is 5.61. The van der Waals surface area contributed by atoms with Crippen molar-refractivity contribution in [1.29, 1.82) is 0 Å². The van der Waals surface area contributed by atoms with E-state index in [4.69, 9.17) is 17.3 Å². The number of aryl methyl sites for hydroxylation is 1. The van der Waals surface area contributed by atoms with Crippen LogP contribution >= 0.6 is 11.6 Å². The Morgan fingerprint density at radius 3 is 2.72 bits per heavy atom.